The summed E-state index contributed by atoms with van der Waals surface area (Å²) in [5, 5.41) is 0.747. The lowest BCUT2D eigenvalue weighted by Gasteiger charge is -2.39. The van der Waals surface area contributed by atoms with E-state index >= 15 is 0 Å². The van der Waals surface area contributed by atoms with Crippen LogP contribution in [-0.4, -0.2) is 41.9 Å². The first kappa shape index (κ1) is 19.2. The molecule has 4 rings (SSSR count). The summed E-state index contributed by atoms with van der Waals surface area (Å²) in [7, 11) is 0. The number of aryl methyl sites for hydroxylation is 1. The predicted octanol–water partition coefficient (Wildman–Crippen LogP) is 5.26. The van der Waals surface area contributed by atoms with Gasteiger partial charge in [-0.25, -0.2) is 0 Å². The van der Waals surface area contributed by atoms with E-state index in [9.17, 15) is 4.79 Å². The van der Waals surface area contributed by atoms with Crippen molar-refractivity contribution in [3.8, 4) is 0 Å². The van der Waals surface area contributed by atoms with Crippen LogP contribution in [0, 0.1) is 6.92 Å². The monoisotopic (exact) mass is 410 g/mol. The molecule has 1 aliphatic heterocycles. The first-order chi connectivity index (χ1) is 13.6. The second kappa shape index (κ2) is 8.48. The van der Waals surface area contributed by atoms with E-state index in [0.717, 1.165) is 36.1 Å². The molecule has 3 aromatic rings. The van der Waals surface area contributed by atoms with Crippen LogP contribution in [0.15, 0.2) is 66.7 Å². The minimum atomic E-state index is 0.153. The van der Waals surface area contributed by atoms with E-state index in [1.165, 1.54) is 16.0 Å². The van der Waals surface area contributed by atoms with Gasteiger partial charge in [0.25, 0.3) is 5.91 Å². The lowest BCUT2D eigenvalue weighted by molar-refractivity contribution is 0.0602. The fourth-order valence-corrected chi connectivity index (χ4v) is 4.74. The van der Waals surface area contributed by atoms with Crippen molar-refractivity contribution in [3.05, 3.63) is 92.6 Å². The van der Waals surface area contributed by atoms with Crippen LogP contribution in [-0.2, 0) is 0 Å². The minimum absolute atomic E-state index is 0.153. The number of piperazine rings is 1. The fraction of sp³-hybridized carbons (Fsp3) is 0.261. The highest BCUT2D eigenvalue weighted by molar-refractivity contribution is 7.13. The zero-order chi connectivity index (χ0) is 19.5. The zero-order valence-corrected chi connectivity index (χ0v) is 17.4. The van der Waals surface area contributed by atoms with E-state index in [-0.39, 0.29) is 11.9 Å². The van der Waals surface area contributed by atoms with Gasteiger partial charge >= 0.3 is 0 Å². The molecular formula is C23H23ClN2OS. The lowest BCUT2D eigenvalue weighted by Crippen LogP contribution is -2.49. The molecule has 1 amide bonds. The third-order valence-corrected chi connectivity index (χ3v) is 6.46. The topological polar surface area (TPSA) is 23.6 Å². The molecule has 2 heterocycles. The summed E-state index contributed by atoms with van der Waals surface area (Å²) in [6.45, 7) is 5.21. The van der Waals surface area contributed by atoms with E-state index in [0.29, 0.717) is 0 Å². The number of benzene rings is 2. The van der Waals surface area contributed by atoms with Gasteiger partial charge in [-0.2, -0.15) is 0 Å². The van der Waals surface area contributed by atoms with Gasteiger partial charge in [0.15, 0.2) is 0 Å². The van der Waals surface area contributed by atoms with E-state index in [2.05, 4.69) is 41.3 Å². The van der Waals surface area contributed by atoms with Crippen molar-refractivity contribution in [1.29, 1.82) is 0 Å². The number of halogens is 1. The van der Waals surface area contributed by atoms with Crippen molar-refractivity contribution < 1.29 is 4.79 Å². The van der Waals surface area contributed by atoms with E-state index < -0.39 is 0 Å². The zero-order valence-electron chi connectivity index (χ0n) is 15.8. The van der Waals surface area contributed by atoms with Gasteiger partial charge in [0.1, 0.15) is 0 Å². The van der Waals surface area contributed by atoms with Gasteiger partial charge in [-0.1, -0.05) is 54.1 Å². The van der Waals surface area contributed by atoms with Crippen LogP contribution in [0.4, 0.5) is 0 Å². The smallest absolute Gasteiger partial charge is 0.264 e. The van der Waals surface area contributed by atoms with E-state index in [1.807, 2.05) is 42.2 Å². The van der Waals surface area contributed by atoms with Crippen LogP contribution in [0.1, 0.15) is 31.7 Å². The molecule has 1 unspecified atom stereocenters. The second-order valence-electron chi connectivity index (χ2n) is 7.10. The number of hydrogen-bond donors (Lipinski definition) is 0. The number of nitrogens with zero attached hydrogens (tertiary/aromatic N) is 2. The molecule has 1 fully saturated rings. The molecule has 1 aliphatic rings. The SMILES string of the molecule is Cc1ccc(C(=O)N2CCN(C(c3ccccc3)c3ccc(Cl)cc3)CC2)s1. The summed E-state index contributed by atoms with van der Waals surface area (Å²) < 4.78 is 0. The maximum Gasteiger partial charge on any atom is 0.264 e. The molecule has 1 saturated heterocycles. The van der Waals surface area contributed by atoms with Crippen molar-refractivity contribution in [3.63, 3.8) is 0 Å². The summed E-state index contributed by atoms with van der Waals surface area (Å²) in [4.78, 5) is 19.2. The van der Waals surface area contributed by atoms with Gasteiger partial charge < -0.3 is 4.90 Å². The van der Waals surface area contributed by atoms with Crippen LogP contribution in [0.5, 0.6) is 0 Å². The Hall–Kier alpha value is -2.14. The van der Waals surface area contributed by atoms with Gasteiger partial charge in [-0.3, -0.25) is 9.69 Å². The highest BCUT2D eigenvalue weighted by Crippen LogP contribution is 2.30. The summed E-state index contributed by atoms with van der Waals surface area (Å²) >= 11 is 7.68. The summed E-state index contributed by atoms with van der Waals surface area (Å²) in [6.07, 6.45) is 0. The van der Waals surface area contributed by atoms with Crippen LogP contribution in [0.25, 0.3) is 0 Å². The number of carbonyl (C=O) groups excluding carboxylic acids is 1. The Kier molecular flexibility index (Phi) is 5.81. The van der Waals surface area contributed by atoms with Crippen LogP contribution >= 0.6 is 22.9 Å². The molecule has 0 radical (unpaired) electrons. The normalized spacial score (nSPS) is 16.1. The Bertz CT molecular complexity index is 931. The second-order valence-corrected chi connectivity index (χ2v) is 8.83. The molecule has 0 spiro atoms. The van der Waals surface area contributed by atoms with Gasteiger partial charge in [0, 0.05) is 36.1 Å². The Morgan fingerprint density at radius 3 is 2.14 bits per heavy atom. The molecule has 0 bridgehead atoms. The molecule has 1 atom stereocenters. The molecule has 28 heavy (non-hydrogen) atoms. The number of carbonyl (C=O) groups is 1. The van der Waals surface area contributed by atoms with E-state index in [1.54, 1.807) is 11.3 Å². The third-order valence-electron chi connectivity index (χ3n) is 5.22. The van der Waals surface area contributed by atoms with Gasteiger partial charge in [0.2, 0.25) is 0 Å². The standard InChI is InChI=1S/C23H23ClN2OS/c1-17-7-12-21(28-17)23(27)26-15-13-25(14-16-26)22(18-5-3-2-4-6-18)19-8-10-20(24)11-9-19/h2-12,22H,13-16H2,1H3. The maximum absolute atomic E-state index is 12.8. The summed E-state index contributed by atoms with van der Waals surface area (Å²) in [5.74, 6) is 0.153. The molecule has 5 heteroatoms. The number of hydrogen-bond acceptors (Lipinski definition) is 3. The molecule has 1 aromatic heterocycles. The van der Waals surface area contributed by atoms with Gasteiger partial charge in [-0.05, 0) is 42.3 Å². The quantitative estimate of drug-likeness (QED) is 0.585. The Morgan fingerprint density at radius 1 is 0.893 bits per heavy atom. The predicted molar refractivity (Wildman–Crippen MR) is 116 cm³/mol. The molecule has 0 saturated carbocycles. The minimum Gasteiger partial charge on any atom is -0.335 e. The van der Waals surface area contributed by atoms with Crippen molar-refractivity contribution in [2.75, 3.05) is 26.2 Å². The van der Waals surface area contributed by atoms with Crippen molar-refractivity contribution in [1.82, 2.24) is 9.80 Å². The Morgan fingerprint density at radius 2 is 1.54 bits per heavy atom. The average molecular weight is 411 g/mol. The summed E-state index contributed by atoms with van der Waals surface area (Å²) in [6, 6.07) is 22.8. The average Bonchev–Trinajstić information content (AvgIpc) is 3.17. The van der Waals surface area contributed by atoms with Crippen molar-refractivity contribution in [2.24, 2.45) is 0 Å². The van der Waals surface area contributed by atoms with Crippen LogP contribution in [0.3, 0.4) is 0 Å². The third kappa shape index (κ3) is 4.14. The Balaban J connectivity index is 1.52. The molecule has 2 aromatic carbocycles. The van der Waals surface area contributed by atoms with Crippen molar-refractivity contribution in [2.45, 2.75) is 13.0 Å². The fourth-order valence-electron chi connectivity index (χ4n) is 3.78. The number of amides is 1. The Labute approximate surface area is 175 Å². The number of thiophene rings is 1. The largest absolute Gasteiger partial charge is 0.335 e. The van der Waals surface area contributed by atoms with Gasteiger partial charge in [0.05, 0.1) is 10.9 Å². The highest BCUT2D eigenvalue weighted by atomic mass is 35.5. The first-order valence-corrected chi connectivity index (χ1v) is 10.7. The van der Waals surface area contributed by atoms with Crippen LogP contribution < -0.4 is 0 Å². The lowest BCUT2D eigenvalue weighted by atomic mass is 9.96. The van der Waals surface area contributed by atoms with Gasteiger partial charge in [-0.15, -0.1) is 11.3 Å². The molecular weight excluding hydrogens is 388 g/mol. The molecule has 3 nitrogen and oxygen atoms in total. The number of rotatable bonds is 4. The first-order valence-electron chi connectivity index (χ1n) is 9.52. The maximum atomic E-state index is 12.8. The highest BCUT2D eigenvalue weighted by Gasteiger charge is 2.28. The van der Waals surface area contributed by atoms with E-state index in [4.69, 9.17) is 11.6 Å². The van der Waals surface area contributed by atoms with Crippen molar-refractivity contribution >= 4 is 28.8 Å². The molecule has 0 aliphatic carbocycles. The van der Waals surface area contributed by atoms with Crippen LogP contribution in [0.2, 0.25) is 5.02 Å². The molecule has 0 N–H and O–H groups in total. The summed E-state index contributed by atoms with van der Waals surface area (Å²) in [5.41, 5.74) is 2.49. The molecule has 144 valence electrons.